The number of aromatic nitrogens is 7. The number of hydrogen-bond donors (Lipinski definition) is 3. The minimum Gasteiger partial charge on any atom is -0.545 e. The molecule has 4 N–H and O–H groups in total. The fourth-order valence-corrected chi connectivity index (χ4v) is 4.91. The van der Waals surface area contributed by atoms with Gasteiger partial charge in [-0.05, 0) is 47.9 Å². The molecule has 0 aliphatic rings. The summed E-state index contributed by atoms with van der Waals surface area (Å²) in [5, 5.41) is 61.3. The molecule has 6 aromatic rings. The van der Waals surface area contributed by atoms with Crippen molar-refractivity contribution in [3.8, 4) is 16.5 Å². The second kappa shape index (κ2) is 29.0. The smallest absolute Gasteiger partial charge is 0.545 e. The summed E-state index contributed by atoms with van der Waals surface area (Å²) in [6.07, 6.45) is 0.500. The first kappa shape index (κ1) is 58.7. The van der Waals surface area contributed by atoms with E-state index in [1.807, 2.05) is 0 Å². The second-order valence-corrected chi connectivity index (χ2v) is 10.9. The molecular weight excluding hydrogens is 859 g/mol. The van der Waals surface area contributed by atoms with E-state index in [0.717, 1.165) is 34.2 Å². The van der Waals surface area contributed by atoms with Crippen molar-refractivity contribution in [2.45, 2.75) is 6.92 Å². The molecule has 28 heteroatoms. The molecule has 0 aliphatic heterocycles. The average Bonchev–Trinajstić information content (AvgIpc) is 3.75. The largest absolute Gasteiger partial charge is 1.00 e. The maximum Gasteiger partial charge on any atom is 1.00 e. The predicted octanol–water partition coefficient (Wildman–Crippen LogP) is -15.1. The van der Waals surface area contributed by atoms with E-state index < -0.39 is 29.0 Å². The molecule has 0 saturated carbocycles. The number of aromatic carboxylic acids is 3. The number of carboxylic acid groups (broad SMARTS) is 3. The van der Waals surface area contributed by atoms with E-state index in [1.165, 1.54) is 12.1 Å². The summed E-state index contributed by atoms with van der Waals surface area (Å²) in [7, 11) is 0. The van der Waals surface area contributed by atoms with E-state index in [-0.39, 0.29) is 206 Å². The predicted molar refractivity (Wildman–Crippen MR) is 176 cm³/mol. The molecular formula is C32H17N12Na5O10S. The number of aryl methyl sites for hydroxylation is 1. The van der Waals surface area contributed by atoms with Gasteiger partial charge in [0.15, 0.2) is 11.5 Å². The number of carbonyl (C=O) groups excluding carboxylic acids is 7. The number of azo groups is 1. The zero-order valence-electron chi connectivity index (χ0n) is 32.4. The van der Waals surface area contributed by atoms with Crippen LogP contribution in [-0.4, -0.2) is 65.1 Å². The number of benzene rings is 3. The molecule has 0 amide bonds. The third-order valence-electron chi connectivity index (χ3n) is 6.43. The van der Waals surface area contributed by atoms with Crippen molar-refractivity contribution in [3.05, 3.63) is 95.2 Å². The van der Waals surface area contributed by atoms with Crippen LogP contribution >= 0.6 is 11.3 Å². The number of rotatable bonds is 11. The summed E-state index contributed by atoms with van der Waals surface area (Å²) < 4.78 is 1.16. The SMILES string of the molecule is Cc1nn(-c2nc(Nc3c[c-]c[c-]c3)nc(Nc3cc(C(=O)[O-])cc(C(=O)[O-])c3)n2)c(N)c1N=Nc1nnc(-c2cccc(C(=O)[O-])c2)s1.O=C=O.O=C=O.[Na+].[Na+].[Na+].[Na+].[Na+]. The summed E-state index contributed by atoms with van der Waals surface area (Å²) in [6.45, 7) is 1.61. The summed E-state index contributed by atoms with van der Waals surface area (Å²) >= 11 is 1.05. The molecule has 0 saturated heterocycles. The molecule has 60 heavy (non-hydrogen) atoms. The maximum atomic E-state index is 11.5. The number of nitrogens with two attached hydrogens (primary N) is 1. The molecule has 3 aromatic heterocycles. The van der Waals surface area contributed by atoms with Gasteiger partial charge in [-0.2, -0.15) is 49.6 Å². The fraction of sp³-hybridized carbons (Fsp3) is 0.0312. The average molecular weight is 877 g/mol. The molecule has 276 valence electrons. The Morgan fingerprint density at radius 2 is 1.28 bits per heavy atom. The first-order chi connectivity index (χ1) is 26.4. The van der Waals surface area contributed by atoms with E-state index in [9.17, 15) is 29.7 Å². The Hall–Kier alpha value is -3.39. The van der Waals surface area contributed by atoms with Crippen LogP contribution in [0.1, 0.15) is 36.8 Å². The van der Waals surface area contributed by atoms with Crippen LogP contribution in [0.25, 0.3) is 16.5 Å². The van der Waals surface area contributed by atoms with Gasteiger partial charge in [-0.15, -0.1) is 20.4 Å². The summed E-state index contributed by atoms with van der Waals surface area (Å²) in [5.41, 5.74) is 7.01. The van der Waals surface area contributed by atoms with Crippen molar-refractivity contribution in [1.82, 2.24) is 34.9 Å². The van der Waals surface area contributed by atoms with Crippen LogP contribution in [0.15, 0.2) is 70.9 Å². The normalized spacial score (nSPS) is 9.28. The molecule has 0 spiro atoms. The van der Waals surface area contributed by atoms with E-state index in [0.29, 0.717) is 22.0 Å². The minimum absolute atomic E-state index is 0. The molecule has 22 nitrogen and oxygen atoms in total. The van der Waals surface area contributed by atoms with E-state index in [2.05, 4.69) is 63.2 Å². The second-order valence-electron chi connectivity index (χ2n) is 9.98. The summed E-state index contributed by atoms with van der Waals surface area (Å²) in [6, 6.07) is 19.7. The van der Waals surface area contributed by atoms with Crippen molar-refractivity contribution in [2.24, 2.45) is 10.2 Å². The van der Waals surface area contributed by atoms with Crippen LogP contribution in [0.5, 0.6) is 0 Å². The van der Waals surface area contributed by atoms with E-state index in [1.54, 1.807) is 37.3 Å². The Balaban J connectivity index is 0. The van der Waals surface area contributed by atoms with Gasteiger partial charge in [0.1, 0.15) is 5.01 Å². The van der Waals surface area contributed by atoms with Gasteiger partial charge >= 0.3 is 160 Å². The molecule has 0 unspecified atom stereocenters. The van der Waals surface area contributed by atoms with Crippen LogP contribution in [0.3, 0.4) is 0 Å². The number of carbonyl (C=O) groups is 3. The van der Waals surface area contributed by atoms with Gasteiger partial charge in [0.2, 0.25) is 11.9 Å². The van der Waals surface area contributed by atoms with Crippen LogP contribution < -0.4 is 179 Å². The van der Waals surface area contributed by atoms with Crippen molar-refractivity contribution >= 4 is 81.5 Å². The minimum atomic E-state index is -1.61. The Morgan fingerprint density at radius 3 is 1.82 bits per heavy atom. The number of nitrogen functional groups attached to an aromatic ring is 1. The number of hydrogen-bond acceptors (Lipinski definition) is 22. The Bertz CT molecular complexity index is 2460. The van der Waals surface area contributed by atoms with Gasteiger partial charge in [-0.3, -0.25) is 12.1 Å². The monoisotopic (exact) mass is 876 g/mol. The molecule has 3 heterocycles. The first-order valence-electron chi connectivity index (χ1n) is 14.5. The quantitative estimate of drug-likeness (QED) is 0.0618. The Morgan fingerprint density at radius 1 is 0.750 bits per heavy atom. The molecule has 0 atom stereocenters. The third kappa shape index (κ3) is 16.8. The van der Waals surface area contributed by atoms with E-state index in [4.69, 9.17) is 24.9 Å². The molecule has 0 bridgehead atoms. The fourth-order valence-electron chi connectivity index (χ4n) is 4.25. The number of nitrogens with one attached hydrogen (secondary N) is 2. The van der Waals surface area contributed by atoms with Gasteiger partial charge in [-0.25, -0.2) is 0 Å². The summed E-state index contributed by atoms with van der Waals surface area (Å²) in [4.78, 5) is 79.8. The zero-order valence-corrected chi connectivity index (χ0v) is 43.2. The number of nitrogens with zero attached hydrogens (tertiary/aromatic N) is 9. The number of carboxylic acids is 3. The Kier molecular flexibility index (Phi) is 28.4. The van der Waals surface area contributed by atoms with E-state index >= 15 is 0 Å². The maximum absolute atomic E-state index is 11.5. The molecule has 0 fully saturated rings. The van der Waals surface area contributed by atoms with Crippen molar-refractivity contribution in [2.75, 3.05) is 16.4 Å². The van der Waals surface area contributed by atoms with Crippen molar-refractivity contribution in [1.29, 1.82) is 0 Å². The van der Waals surface area contributed by atoms with Gasteiger partial charge < -0.3 is 64.3 Å². The number of anilines is 5. The zero-order chi connectivity index (χ0) is 40.1. The molecule has 0 radical (unpaired) electrons. The van der Waals surface area contributed by atoms with Gasteiger partial charge in [0.25, 0.3) is 11.1 Å². The first-order valence-corrected chi connectivity index (χ1v) is 15.3. The third-order valence-corrected chi connectivity index (χ3v) is 7.29. The van der Waals surface area contributed by atoms with Crippen molar-refractivity contribution in [3.63, 3.8) is 0 Å². The van der Waals surface area contributed by atoms with Crippen LogP contribution in [0.2, 0.25) is 0 Å². The molecule has 6 rings (SSSR count). The van der Waals surface area contributed by atoms with Crippen LogP contribution in [0, 0.1) is 19.1 Å². The molecule has 3 aromatic carbocycles. The van der Waals surface area contributed by atoms with Crippen LogP contribution in [-0.2, 0) is 19.2 Å². The van der Waals surface area contributed by atoms with Crippen molar-refractivity contribution < 1.29 is 197 Å². The standard InChI is InChI=1S/C30H20N12O6S.2CO2.5Na/c1-14-21(37-39-30-40-38-23(49-30)15-6-5-7-16(10-15)24(43)44)22(31)42(41-14)29-35-27(32-19-8-3-2-4-9-19)34-28(36-29)33-20-12-17(25(45)46)11-18(13-20)26(47)48;2*2-1-3;;;;;/h2,5-13H,31H2,1H3,(H,43,44)(H,45,46)(H,47,48)(H2,32,33,34,35,36);;;;;;;/q-2;;;5*+1/p-3. The summed E-state index contributed by atoms with van der Waals surface area (Å²) in [5.74, 6) is -4.88. The van der Waals surface area contributed by atoms with Gasteiger partial charge in [0.05, 0.1) is 23.6 Å². The topological polar surface area (TPSA) is 346 Å². The van der Waals surface area contributed by atoms with Gasteiger partial charge in [-0.1, -0.05) is 29.5 Å². The Labute approximate surface area is 452 Å². The van der Waals surface area contributed by atoms with Crippen LogP contribution in [0.4, 0.5) is 39.9 Å². The van der Waals surface area contributed by atoms with Gasteiger partial charge in [0, 0.05) is 11.3 Å². The molecule has 0 aliphatic carbocycles.